The van der Waals surface area contributed by atoms with Gasteiger partial charge >= 0.3 is 32.7 Å². The van der Waals surface area contributed by atoms with Gasteiger partial charge in [0.25, 0.3) is 0 Å². The molecular weight excluding hydrogens is 510 g/mol. The monoisotopic (exact) mass is 566 g/mol. The van der Waals surface area contributed by atoms with Crippen molar-refractivity contribution < 1.29 is 32.7 Å². The molecule has 0 aliphatic heterocycles. The maximum Gasteiger partial charge on any atom is 3.00 e. The zero-order valence-electron chi connectivity index (χ0n) is 23.3. The maximum absolute atomic E-state index is 2.65. The van der Waals surface area contributed by atoms with Gasteiger partial charge in [0.2, 0.25) is 0 Å². The zero-order valence-corrected chi connectivity index (χ0v) is 32.1. The van der Waals surface area contributed by atoms with Gasteiger partial charge in [-0.25, -0.2) is 0 Å². The molecule has 168 valence electrons. The first-order chi connectivity index (χ1) is 11.1. The predicted molar refractivity (Wildman–Crippen MR) is 153 cm³/mol. The van der Waals surface area contributed by atoms with E-state index in [1.165, 1.54) is 0 Å². The fourth-order valence-electron chi connectivity index (χ4n) is 3.90. The summed E-state index contributed by atoms with van der Waals surface area (Å²) >= 11 is 0. The summed E-state index contributed by atoms with van der Waals surface area (Å²) in [5, 5.41) is 0. The van der Waals surface area contributed by atoms with Gasteiger partial charge in [-0.05, 0) is 0 Å². The Kier molecular flexibility index (Phi) is 18.6. The van der Waals surface area contributed by atoms with Crippen LogP contribution >= 0.6 is 0 Å². The zero-order chi connectivity index (χ0) is 23.1. The molecule has 0 nitrogen and oxygen atoms in total. The van der Waals surface area contributed by atoms with E-state index in [0.717, 1.165) is 0 Å². The number of hydrogen-bond acceptors (Lipinski definition) is 0. The van der Waals surface area contributed by atoms with Gasteiger partial charge < -0.3 is 17.0 Å². The summed E-state index contributed by atoms with van der Waals surface area (Å²) in [4.78, 5) is 0. The van der Waals surface area contributed by atoms with Crippen LogP contribution in [0.25, 0.3) is 0 Å². The minimum absolute atomic E-state index is 0. The third-order valence-corrected chi connectivity index (χ3v) is 23.4. The normalized spacial score (nSPS) is 13.5. The van der Waals surface area contributed by atoms with Gasteiger partial charge in [-0.3, -0.25) is 0 Å². The van der Waals surface area contributed by atoms with Crippen LogP contribution in [0.3, 0.4) is 0 Å². The van der Waals surface area contributed by atoms with Gasteiger partial charge in [0.05, 0.1) is 0 Å². The maximum atomic E-state index is 2.65. The van der Waals surface area contributed by atoms with Crippen molar-refractivity contribution in [3.8, 4) is 0 Å². The molecule has 0 fully saturated rings. The summed E-state index contributed by atoms with van der Waals surface area (Å²) in [6.07, 6.45) is 0. The molecule has 0 rings (SSSR count). The average Bonchev–Trinajstić information content (AvgIpc) is 1.96. The van der Waals surface area contributed by atoms with Crippen LogP contribution in [0, 0.1) is 17.0 Å². The quantitative estimate of drug-likeness (QED) is 0.222. The molecule has 0 saturated carbocycles. The van der Waals surface area contributed by atoms with Crippen molar-refractivity contribution >= 4 is 48.4 Å². The van der Waals surface area contributed by atoms with Crippen LogP contribution in [0.2, 0.25) is 118 Å². The molecule has 0 aromatic rings. The van der Waals surface area contributed by atoms with Crippen molar-refractivity contribution in [1.29, 1.82) is 0 Å². The van der Waals surface area contributed by atoms with Crippen molar-refractivity contribution in [2.45, 2.75) is 118 Å². The molecule has 0 amide bonds. The van der Waals surface area contributed by atoms with Crippen molar-refractivity contribution in [2.75, 3.05) is 0 Å². The van der Waals surface area contributed by atoms with Gasteiger partial charge in [0, 0.05) is 0 Å². The fourth-order valence-corrected chi connectivity index (χ4v) is 35.1. The van der Waals surface area contributed by atoms with E-state index in [0.29, 0.717) is 0 Å². The van der Waals surface area contributed by atoms with Crippen LogP contribution in [-0.4, -0.2) is 48.4 Å². The molecule has 28 heavy (non-hydrogen) atoms. The van der Waals surface area contributed by atoms with E-state index in [2.05, 4.69) is 135 Å². The summed E-state index contributed by atoms with van der Waals surface area (Å²) in [5.74, 6) is 0. The first-order valence-electron chi connectivity index (χ1n) is 10.7. The van der Waals surface area contributed by atoms with Crippen LogP contribution in [0.5, 0.6) is 0 Å². The molecule has 0 aromatic carbocycles. The molecule has 0 spiro atoms. The molecule has 0 aliphatic carbocycles. The smallest absolute Gasteiger partial charge is 0.327 e. The third kappa shape index (κ3) is 51.2. The fraction of sp³-hybridized carbons (Fsp3) is 0.857. The van der Waals surface area contributed by atoms with Gasteiger partial charge in [0.1, 0.15) is 0 Å². The molecule has 0 atom stereocenters. The van der Waals surface area contributed by atoms with E-state index >= 15 is 0 Å². The summed E-state index contributed by atoms with van der Waals surface area (Å²) in [6.45, 7) is 43.3. The van der Waals surface area contributed by atoms with E-state index in [9.17, 15) is 0 Å². The Morgan fingerprint density at radius 3 is 0.321 bits per heavy atom. The second-order valence-corrected chi connectivity index (χ2v) is 46.5. The van der Waals surface area contributed by atoms with E-state index in [1.54, 1.807) is 0 Å². The van der Waals surface area contributed by atoms with Gasteiger partial charge in [-0.15, -0.1) is 48.4 Å². The van der Waals surface area contributed by atoms with E-state index in [4.69, 9.17) is 0 Å². The molecule has 0 unspecified atom stereocenters. The standard InChI is InChI=1S/3C7H19Si2.Y/c3*1-8(2,3)7-9(4,5)6;/h3*7H,1-6H3;/q3*-1;+3. The van der Waals surface area contributed by atoms with E-state index in [-0.39, 0.29) is 32.7 Å². The Bertz CT molecular complexity index is 284. The SMILES string of the molecule is C[Si](C)(C)[CH-][Si](C)(C)C.C[Si](C)(C)[CH-][Si](C)(C)C.C[Si](C)(C)[CH-][Si](C)(C)C.[Y+3]. The van der Waals surface area contributed by atoms with Gasteiger partial charge in [0.15, 0.2) is 0 Å². The first-order valence-corrected chi connectivity index (χ1v) is 32.2. The van der Waals surface area contributed by atoms with E-state index < -0.39 is 48.4 Å². The van der Waals surface area contributed by atoms with Gasteiger partial charge in [-0.2, -0.15) is 0 Å². The van der Waals surface area contributed by atoms with Gasteiger partial charge in [-0.1, -0.05) is 118 Å². The molecular formula is C21H57Si6Y. The Balaban J connectivity index is -0.000000152. The Morgan fingerprint density at radius 2 is 0.321 bits per heavy atom. The van der Waals surface area contributed by atoms with Crippen LogP contribution in [0.1, 0.15) is 0 Å². The summed E-state index contributed by atoms with van der Waals surface area (Å²) in [6, 6.07) is 0. The second kappa shape index (κ2) is 13.8. The third-order valence-electron chi connectivity index (χ3n) is 2.60. The molecule has 0 N–H and O–H groups in total. The second-order valence-electron chi connectivity index (χ2n) is 14.6. The first kappa shape index (κ1) is 37.7. The number of hydrogen-bond donors (Lipinski definition) is 0. The Hall–Kier alpha value is 2.41. The predicted octanol–water partition coefficient (Wildman–Crippen LogP) is 8.83. The van der Waals surface area contributed by atoms with Crippen molar-refractivity contribution in [1.82, 2.24) is 0 Å². The Labute approximate surface area is 214 Å². The molecule has 0 heterocycles. The van der Waals surface area contributed by atoms with Crippen molar-refractivity contribution in [3.05, 3.63) is 17.0 Å². The average molecular weight is 567 g/mol. The topological polar surface area (TPSA) is 0 Å². The van der Waals surface area contributed by atoms with Crippen LogP contribution in [0.15, 0.2) is 0 Å². The summed E-state index contributed by atoms with van der Waals surface area (Å²) < 4.78 is 0. The summed E-state index contributed by atoms with van der Waals surface area (Å²) in [5.41, 5.74) is 7.96. The van der Waals surface area contributed by atoms with Crippen molar-refractivity contribution in [3.63, 3.8) is 0 Å². The molecule has 0 bridgehead atoms. The minimum atomic E-state index is -0.856. The van der Waals surface area contributed by atoms with Crippen LogP contribution in [0.4, 0.5) is 0 Å². The Morgan fingerprint density at radius 1 is 0.250 bits per heavy atom. The largest absolute Gasteiger partial charge is 3.00 e. The van der Waals surface area contributed by atoms with Crippen molar-refractivity contribution in [2.24, 2.45) is 0 Å². The minimum Gasteiger partial charge on any atom is -0.327 e. The molecule has 0 saturated heterocycles. The van der Waals surface area contributed by atoms with Crippen LogP contribution < -0.4 is 0 Å². The molecule has 0 aromatic heterocycles. The summed E-state index contributed by atoms with van der Waals surface area (Å²) in [7, 11) is -5.14. The van der Waals surface area contributed by atoms with Crippen LogP contribution in [-0.2, 0) is 32.7 Å². The van der Waals surface area contributed by atoms with E-state index in [1.807, 2.05) is 0 Å². The molecule has 7 heteroatoms. The number of rotatable bonds is 6. The molecule has 0 radical (unpaired) electrons. The molecule has 0 aliphatic rings.